The highest BCUT2D eigenvalue weighted by Crippen LogP contribution is 2.16. The van der Waals surface area contributed by atoms with E-state index in [0.29, 0.717) is 19.3 Å². The van der Waals surface area contributed by atoms with Crippen molar-refractivity contribution >= 4 is 17.9 Å². The maximum atomic E-state index is 12.9. The van der Waals surface area contributed by atoms with Gasteiger partial charge in [0.25, 0.3) is 0 Å². The third-order valence-corrected chi connectivity index (χ3v) is 13.5. The number of unbranched alkanes of at least 4 members (excludes halogenated alkanes) is 28. The van der Waals surface area contributed by atoms with E-state index in [2.05, 4.69) is 130 Å². The highest BCUT2D eigenvalue weighted by molar-refractivity contribution is 5.71. The van der Waals surface area contributed by atoms with Gasteiger partial charge < -0.3 is 14.2 Å². The second-order valence-corrected chi connectivity index (χ2v) is 20.9. The van der Waals surface area contributed by atoms with Crippen molar-refractivity contribution in [3.05, 3.63) is 109 Å². The lowest BCUT2D eigenvalue weighted by Crippen LogP contribution is -2.30. The first-order valence-electron chi connectivity index (χ1n) is 31.9. The molecule has 0 aliphatic rings. The second-order valence-electron chi connectivity index (χ2n) is 20.9. The Labute approximate surface area is 470 Å². The number of ether oxygens (including phenoxy) is 3. The van der Waals surface area contributed by atoms with Gasteiger partial charge in [0.15, 0.2) is 6.10 Å². The van der Waals surface area contributed by atoms with Gasteiger partial charge in [0.05, 0.1) is 0 Å². The summed E-state index contributed by atoms with van der Waals surface area (Å²) in [7, 11) is 0. The predicted octanol–water partition coefficient (Wildman–Crippen LogP) is 21.8. The molecule has 1 unspecified atom stereocenters. The molecule has 6 nitrogen and oxygen atoms in total. The maximum Gasteiger partial charge on any atom is 0.306 e. The standard InChI is InChI=1S/C70H118O6/c1-4-7-10-13-16-19-22-25-27-29-30-31-32-33-34-35-36-37-38-39-40-42-43-45-48-51-54-57-60-63-69(72)75-66-67(65-74-68(71)62-59-56-53-50-47-24-21-18-15-12-9-6-3)76-70(73)64-61-58-55-52-49-46-44-41-28-26-23-20-17-14-11-8-5-2/h7-8,10-11,16-21,25-28,30-31,44,46,67H,4-6,9,12-15,22-24,29,32-43,45,47-66H2,1-3H3/b10-7-,11-8-,19-16-,20-17-,21-18-,27-25-,28-26-,31-30-,46-44-. The number of carbonyl (C=O) groups is 3. The van der Waals surface area contributed by atoms with Crippen LogP contribution in [0, 0.1) is 0 Å². The number of hydrogen-bond acceptors (Lipinski definition) is 6. The minimum Gasteiger partial charge on any atom is -0.462 e. The van der Waals surface area contributed by atoms with Gasteiger partial charge in [0.2, 0.25) is 0 Å². The quantitative estimate of drug-likeness (QED) is 0.0261. The monoisotopic (exact) mass is 1050 g/mol. The zero-order valence-corrected chi connectivity index (χ0v) is 49.7. The minimum absolute atomic E-state index is 0.0898. The van der Waals surface area contributed by atoms with Gasteiger partial charge in [-0.2, -0.15) is 0 Å². The van der Waals surface area contributed by atoms with Crippen LogP contribution in [0.15, 0.2) is 109 Å². The fourth-order valence-electron chi connectivity index (χ4n) is 8.77. The van der Waals surface area contributed by atoms with Crippen LogP contribution >= 0.6 is 0 Å². The van der Waals surface area contributed by atoms with Crippen LogP contribution in [-0.2, 0) is 28.6 Å². The highest BCUT2D eigenvalue weighted by Gasteiger charge is 2.19. The zero-order chi connectivity index (χ0) is 55.0. The summed E-state index contributed by atoms with van der Waals surface area (Å²) in [5.74, 6) is -0.917. The summed E-state index contributed by atoms with van der Waals surface area (Å²) in [6, 6.07) is 0. The average Bonchev–Trinajstić information content (AvgIpc) is 3.42. The summed E-state index contributed by atoms with van der Waals surface area (Å²) < 4.78 is 16.9. The number of allylic oxidation sites excluding steroid dienone is 18. The molecule has 0 aromatic carbocycles. The van der Waals surface area contributed by atoms with Crippen LogP contribution < -0.4 is 0 Å². The SMILES string of the molecule is CC/C=C\C/C=C\C/C=C\C/C=C\CCCCCCCCCCCCCCCCCCC(=O)OCC(COC(=O)CCCCCCC/C=C\CCCCC)OC(=O)CCCCCC/C=C\C/C=C\C/C=C\C/C=C\CC. The summed E-state index contributed by atoms with van der Waals surface area (Å²) >= 11 is 0. The van der Waals surface area contributed by atoms with E-state index < -0.39 is 6.10 Å². The van der Waals surface area contributed by atoms with E-state index in [1.165, 1.54) is 128 Å². The molecule has 0 fully saturated rings. The van der Waals surface area contributed by atoms with E-state index in [-0.39, 0.29) is 31.1 Å². The molecule has 1 atom stereocenters. The summed E-state index contributed by atoms with van der Waals surface area (Å²) in [6.45, 7) is 6.38. The molecule has 0 aromatic heterocycles. The third-order valence-electron chi connectivity index (χ3n) is 13.5. The Bertz CT molecular complexity index is 1540. The normalized spacial score (nSPS) is 12.8. The first-order chi connectivity index (χ1) is 37.5. The third kappa shape index (κ3) is 60.9. The average molecular weight is 1060 g/mol. The van der Waals surface area contributed by atoms with E-state index in [1.54, 1.807) is 0 Å². The molecule has 0 N–H and O–H groups in total. The molecule has 0 aliphatic heterocycles. The van der Waals surface area contributed by atoms with Gasteiger partial charge >= 0.3 is 17.9 Å². The van der Waals surface area contributed by atoms with Gasteiger partial charge in [-0.15, -0.1) is 0 Å². The van der Waals surface area contributed by atoms with Crippen molar-refractivity contribution < 1.29 is 28.6 Å². The predicted molar refractivity (Wildman–Crippen MR) is 330 cm³/mol. The first-order valence-corrected chi connectivity index (χ1v) is 31.9. The molecule has 0 aromatic rings. The van der Waals surface area contributed by atoms with E-state index in [1.807, 2.05) is 0 Å². The Morgan fingerprint density at radius 3 is 0.816 bits per heavy atom. The van der Waals surface area contributed by atoms with Gasteiger partial charge in [-0.05, 0) is 122 Å². The molecule has 6 heteroatoms. The Kier molecular flexibility index (Phi) is 60.3. The number of hydrogen-bond donors (Lipinski definition) is 0. The molecule has 0 spiro atoms. The summed E-state index contributed by atoms with van der Waals surface area (Å²) in [5, 5.41) is 0. The lowest BCUT2D eigenvalue weighted by atomic mass is 10.0. The van der Waals surface area contributed by atoms with Crippen molar-refractivity contribution in [3.8, 4) is 0 Å². The topological polar surface area (TPSA) is 78.9 Å². The Morgan fingerprint density at radius 1 is 0.276 bits per heavy atom. The van der Waals surface area contributed by atoms with Crippen molar-refractivity contribution in [3.63, 3.8) is 0 Å². The van der Waals surface area contributed by atoms with Gasteiger partial charge in [-0.25, -0.2) is 0 Å². The van der Waals surface area contributed by atoms with Gasteiger partial charge in [-0.1, -0.05) is 265 Å². The molecular formula is C70H118O6. The van der Waals surface area contributed by atoms with E-state index >= 15 is 0 Å². The van der Waals surface area contributed by atoms with Crippen LogP contribution in [0.4, 0.5) is 0 Å². The van der Waals surface area contributed by atoms with Crippen LogP contribution in [0.2, 0.25) is 0 Å². The van der Waals surface area contributed by atoms with E-state index in [0.717, 1.165) is 128 Å². The number of rotatable bonds is 57. The van der Waals surface area contributed by atoms with Crippen molar-refractivity contribution in [1.82, 2.24) is 0 Å². The van der Waals surface area contributed by atoms with Crippen LogP contribution in [0.1, 0.15) is 297 Å². The van der Waals surface area contributed by atoms with E-state index in [4.69, 9.17) is 14.2 Å². The molecule has 0 saturated carbocycles. The number of esters is 3. The van der Waals surface area contributed by atoms with Crippen LogP contribution in [0.3, 0.4) is 0 Å². The Balaban J connectivity index is 4.25. The summed E-state index contributed by atoms with van der Waals surface area (Å²) in [6.07, 6.45) is 86.8. The fraction of sp³-hybridized carbons (Fsp3) is 0.700. The Hall–Kier alpha value is -3.93. The maximum absolute atomic E-state index is 12.9. The van der Waals surface area contributed by atoms with Crippen molar-refractivity contribution in [2.75, 3.05) is 13.2 Å². The van der Waals surface area contributed by atoms with Crippen molar-refractivity contribution in [2.45, 2.75) is 303 Å². The second kappa shape index (κ2) is 63.6. The zero-order valence-electron chi connectivity index (χ0n) is 49.7. The molecule has 0 amide bonds. The van der Waals surface area contributed by atoms with Crippen LogP contribution in [-0.4, -0.2) is 37.2 Å². The molecule has 76 heavy (non-hydrogen) atoms. The highest BCUT2D eigenvalue weighted by atomic mass is 16.6. The van der Waals surface area contributed by atoms with Crippen LogP contribution in [0.25, 0.3) is 0 Å². The molecule has 0 saturated heterocycles. The van der Waals surface area contributed by atoms with Gasteiger partial charge in [0, 0.05) is 19.3 Å². The van der Waals surface area contributed by atoms with Crippen molar-refractivity contribution in [2.24, 2.45) is 0 Å². The first kappa shape index (κ1) is 72.1. The number of carbonyl (C=O) groups excluding carboxylic acids is 3. The molecule has 0 bridgehead atoms. The lowest BCUT2D eigenvalue weighted by Gasteiger charge is -2.18. The largest absolute Gasteiger partial charge is 0.462 e. The van der Waals surface area contributed by atoms with Gasteiger partial charge in [0.1, 0.15) is 13.2 Å². The summed E-state index contributed by atoms with van der Waals surface area (Å²) in [5.41, 5.74) is 0. The molecule has 0 heterocycles. The molecular weight excluding hydrogens is 937 g/mol. The minimum atomic E-state index is -0.795. The van der Waals surface area contributed by atoms with Crippen LogP contribution in [0.5, 0.6) is 0 Å². The Morgan fingerprint density at radius 2 is 0.513 bits per heavy atom. The fourth-order valence-corrected chi connectivity index (χ4v) is 8.77. The molecule has 0 aliphatic carbocycles. The van der Waals surface area contributed by atoms with E-state index in [9.17, 15) is 14.4 Å². The molecule has 434 valence electrons. The van der Waals surface area contributed by atoms with Gasteiger partial charge in [-0.3, -0.25) is 14.4 Å². The lowest BCUT2D eigenvalue weighted by molar-refractivity contribution is -0.167. The molecule has 0 rings (SSSR count). The smallest absolute Gasteiger partial charge is 0.306 e. The van der Waals surface area contributed by atoms with Crippen molar-refractivity contribution in [1.29, 1.82) is 0 Å². The molecule has 0 radical (unpaired) electrons. The summed E-state index contributed by atoms with van der Waals surface area (Å²) in [4.78, 5) is 38.2.